The van der Waals surface area contributed by atoms with Crippen molar-refractivity contribution in [3.05, 3.63) is 28.7 Å². The fraction of sp³-hybridized carbons (Fsp3) is 0.286. The first-order valence-corrected chi connectivity index (χ1v) is 9.66. The second-order valence-electron chi connectivity index (χ2n) is 4.76. The highest BCUT2D eigenvalue weighted by Gasteiger charge is 2.32. The first-order valence-electron chi connectivity index (χ1n) is 6.86. The van der Waals surface area contributed by atoms with Crippen molar-refractivity contribution in [2.24, 2.45) is 0 Å². The van der Waals surface area contributed by atoms with Crippen LogP contribution in [0.4, 0.5) is 0 Å². The normalized spacial score (nSPS) is 16.9. The molecule has 0 saturated carbocycles. The van der Waals surface area contributed by atoms with Crippen LogP contribution in [-0.2, 0) is 14.9 Å². The Kier molecular flexibility index (Phi) is 5.86. The minimum absolute atomic E-state index is 0.0119. The fourth-order valence-electron chi connectivity index (χ4n) is 1.94. The first-order chi connectivity index (χ1) is 11.2. The van der Waals surface area contributed by atoms with Crippen molar-refractivity contribution in [3.8, 4) is 11.5 Å². The number of amides is 1. The standard InChI is InChI=1S/C14H15NO6S3/c1-2-21-11-7-9(3-4-10(11)16)8-12-13(17)15(14(22)23-12)5-6-24(18,19)20/h3-4,7-8,16H,2,5-6H2,1H3,(H,18,19,20)/p-1/b12-8+. The summed E-state index contributed by atoms with van der Waals surface area (Å²) in [7, 11) is -4.43. The summed E-state index contributed by atoms with van der Waals surface area (Å²) < 4.78 is 37.6. The monoisotopic (exact) mass is 388 g/mol. The summed E-state index contributed by atoms with van der Waals surface area (Å²) in [5, 5.41) is 9.68. The predicted octanol–water partition coefficient (Wildman–Crippen LogP) is 1.54. The maximum Gasteiger partial charge on any atom is 0.266 e. The minimum Gasteiger partial charge on any atom is -0.748 e. The highest BCUT2D eigenvalue weighted by Crippen LogP contribution is 2.34. The van der Waals surface area contributed by atoms with Gasteiger partial charge in [-0.3, -0.25) is 9.69 Å². The van der Waals surface area contributed by atoms with Crippen LogP contribution in [0.15, 0.2) is 23.1 Å². The van der Waals surface area contributed by atoms with Gasteiger partial charge in [0.15, 0.2) is 11.5 Å². The van der Waals surface area contributed by atoms with Crippen LogP contribution < -0.4 is 4.74 Å². The lowest BCUT2D eigenvalue weighted by Crippen LogP contribution is -2.32. The number of ether oxygens (including phenoxy) is 1. The third-order valence-corrected chi connectivity index (χ3v) is 5.08. The van der Waals surface area contributed by atoms with Crippen LogP contribution in [0.25, 0.3) is 6.08 Å². The largest absolute Gasteiger partial charge is 0.748 e. The van der Waals surface area contributed by atoms with Crippen molar-refractivity contribution in [3.63, 3.8) is 0 Å². The molecule has 1 aromatic rings. The van der Waals surface area contributed by atoms with E-state index in [1.165, 1.54) is 6.07 Å². The van der Waals surface area contributed by atoms with E-state index in [2.05, 4.69) is 0 Å². The minimum atomic E-state index is -4.43. The van der Waals surface area contributed by atoms with Crippen LogP contribution in [0.3, 0.4) is 0 Å². The lowest BCUT2D eigenvalue weighted by Gasteiger charge is -2.15. The van der Waals surface area contributed by atoms with E-state index in [-0.39, 0.29) is 16.6 Å². The van der Waals surface area contributed by atoms with E-state index in [0.717, 1.165) is 16.7 Å². The van der Waals surface area contributed by atoms with Gasteiger partial charge in [-0.15, -0.1) is 0 Å². The highest BCUT2D eigenvalue weighted by molar-refractivity contribution is 8.26. The van der Waals surface area contributed by atoms with Gasteiger partial charge in [-0.1, -0.05) is 30.0 Å². The zero-order chi connectivity index (χ0) is 17.9. The topological polar surface area (TPSA) is 107 Å². The maximum atomic E-state index is 12.3. The van der Waals surface area contributed by atoms with Crippen molar-refractivity contribution in [1.29, 1.82) is 0 Å². The summed E-state index contributed by atoms with van der Waals surface area (Å²) in [4.78, 5) is 13.7. The fourth-order valence-corrected chi connectivity index (χ4v) is 3.65. The predicted molar refractivity (Wildman–Crippen MR) is 93.7 cm³/mol. The SMILES string of the molecule is CCOc1cc(/C=C2/SC(=S)N(CCS(=O)(=O)[O-])C2=O)ccc1O. The number of benzene rings is 1. The number of nitrogens with zero attached hydrogens (tertiary/aromatic N) is 1. The van der Waals surface area contributed by atoms with Gasteiger partial charge in [-0.2, -0.15) is 0 Å². The Hall–Kier alpha value is -1.62. The Morgan fingerprint density at radius 2 is 2.17 bits per heavy atom. The van der Waals surface area contributed by atoms with E-state index < -0.39 is 21.8 Å². The Bertz CT molecular complexity index is 803. The Morgan fingerprint density at radius 1 is 1.46 bits per heavy atom. The van der Waals surface area contributed by atoms with Gasteiger partial charge in [0.05, 0.1) is 27.4 Å². The molecule has 1 aliphatic heterocycles. The number of hydrogen-bond donors (Lipinski definition) is 1. The van der Waals surface area contributed by atoms with Gasteiger partial charge >= 0.3 is 0 Å². The molecule has 1 saturated heterocycles. The number of thiocarbonyl (C=S) groups is 1. The van der Waals surface area contributed by atoms with Gasteiger partial charge in [0.2, 0.25) is 0 Å². The zero-order valence-electron chi connectivity index (χ0n) is 12.6. The molecule has 7 nitrogen and oxygen atoms in total. The second kappa shape index (κ2) is 7.51. The van der Waals surface area contributed by atoms with Gasteiger partial charge < -0.3 is 14.4 Å². The van der Waals surface area contributed by atoms with E-state index in [4.69, 9.17) is 17.0 Å². The molecule has 0 atom stereocenters. The van der Waals surface area contributed by atoms with Crippen molar-refractivity contribution in [2.75, 3.05) is 18.9 Å². The van der Waals surface area contributed by atoms with Crippen LogP contribution in [-0.4, -0.2) is 52.1 Å². The van der Waals surface area contributed by atoms with Crippen LogP contribution >= 0.6 is 24.0 Å². The third-order valence-electron chi connectivity index (χ3n) is 3.02. The van der Waals surface area contributed by atoms with Gasteiger partial charge in [0.25, 0.3) is 5.91 Å². The average molecular weight is 388 g/mol. The summed E-state index contributed by atoms with van der Waals surface area (Å²) in [5.74, 6) is -0.874. The van der Waals surface area contributed by atoms with E-state index in [9.17, 15) is 22.9 Å². The molecule has 10 heteroatoms. The second-order valence-corrected chi connectivity index (χ2v) is 7.95. The molecule has 1 amide bonds. The van der Waals surface area contributed by atoms with E-state index in [1.54, 1.807) is 25.1 Å². The van der Waals surface area contributed by atoms with Crippen molar-refractivity contribution >= 4 is 50.4 Å². The molecule has 0 aromatic heterocycles. The number of phenols is 1. The zero-order valence-corrected chi connectivity index (χ0v) is 15.0. The summed E-state index contributed by atoms with van der Waals surface area (Å²) in [6, 6.07) is 4.63. The molecule has 1 fully saturated rings. The van der Waals surface area contributed by atoms with Crippen molar-refractivity contribution in [2.45, 2.75) is 6.92 Å². The Labute approximate surface area is 149 Å². The molecular weight excluding hydrogens is 374 g/mol. The number of aromatic hydroxyl groups is 1. The number of rotatable bonds is 6. The summed E-state index contributed by atoms with van der Waals surface area (Å²) in [5.41, 5.74) is 0.619. The number of phenolic OH excluding ortho intramolecular Hbond substituents is 1. The molecule has 1 aromatic carbocycles. The molecule has 1 aliphatic rings. The van der Waals surface area contributed by atoms with Gasteiger partial charge in [-0.25, -0.2) is 8.42 Å². The number of carbonyl (C=O) groups excluding carboxylic acids is 1. The van der Waals surface area contributed by atoms with Crippen LogP contribution in [0.5, 0.6) is 11.5 Å². The maximum absolute atomic E-state index is 12.3. The molecule has 0 bridgehead atoms. The lowest BCUT2D eigenvalue weighted by atomic mass is 10.2. The quantitative estimate of drug-likeness (QED) is 0.444. The Morgan fingerprint density at radius 3 is 2.79 bits per heavy atom. The average Bonchev–Trinajstić information content (AvgIpc) is 2.74. The lowest BCUT2D eigenvalue weighted by molar-refractivity contribution is -0.121. The van der Waals surface area contributed by atoms with Gasteiger partial charge in [-0.05, 0) is 30.7 Å². The highest BCUT2D eigenvalue weighted by atomic mass is 32.2. The third kappa shape index (κ3) is 4.69. The molecule has 1 N–H and O–H groups in total. The van der Waals surface area contributed by atoms with E-state index in [1.807, 2.05) is 0 Å². The van der Waals surface area contributed by atoms with Crippen molar-refractivity contribution < 1.29 is 27.6 Å². The molecule has 130 valence electrons. The van der Waals surface area contributed by atoms with Gasteiger partial charge in [0.1, 0.15) is 4.32 Å². The summed E-state index contributed by atoms with van der Waals surface area (Å²) in [6.07, 6.45) is 1.56. The van der Waals surface area contributed by atoms with Gasteiger partial charge in [0, 0.05) is 6.54 Å². The number of thioether (sulfide) groups is 1. The molecular formula is C14H14NO6S3-. The van der Waals surface area contributed by atoms with Crippen LogP contribution in [0, 0.1) is 0 Å². The molecule has 2 rings (SSSR count). The molecule has 1 heterocycles. The smallest absolute Gasteiger partial charge is 0.266 e. The van der Waals surface area contributed by atoms with E-state index in [0.29, 0.717) is 22.8 Å². The van der Waals surface area contributed by atoms with Crippen molar-refractivity contribution in [1.82, 2.24) is 4.90 Å². The Balaban J connectivity index is 2.21. The van der Waals surface area contributed by atoms with Crippen LogP contribution in [0.2, 0.25) is 0 Å². The molecule has 0 radical (unpaired) electrons. The molecule has 0 aliphatic carbocycles. The molecule has 0 spiro atoms. The summed E-state index contributed by atoms with van der Waals surface area (Å²) >= 11 is 6.07. The summed E-state index contributed by atoms with van der Waals surface area (Å²) in [6.45, 7) is 1.89. The van der Waals surface area contributed by atoms with E-state index >= 15 is 0 Å². The number of carbonyl (C=O) groups is 1. The molecule has 24 heavy (non-hydrogen) atoms. The molecule has 0 unspecified atom stereocenters. The number of hydrogen-bond acceptors (Lipinski definition) is 8. The first kappa shape index (κ1) is 18.7. The van der Waals surface area contributed by atoms with Crippen LogP contribution in [0.1, 0.15) is 12.5 Å².